The minimum atomic E-state index is -1.76. The maximum absolute atomic E-state index is 11.2. The van der Waals surface area contributed by atoms with Gasteiger partial charge in [-0.25, -0.2) is 4.79 Å². The van der Waals surface area contributed by atoms with Crippen LogP contribution in [-0.4, -0.2) is 64.7 Å². The zero-order valence-electron chi connectivity index (χ0n) is 12.1. The summed E-state index contributed by atoms with van der Waals surface area (Å²) in [5, 5.41) is 21.2. The average molecular weight is 319 g/mol. The molecule has 0 aromatic carbocycles. The lowest BCUT2D eigenvalue weighted by atomic mass is 9.96. The topological polar surface area (TPSA) is 148 Å². The first kappa shape index (κ1) is 17.9. The van der Waals surface area contributed by atoms with Crippen molar-refractivity contribution in [1.82, 2.24) is 5.32 Å². The first-order valence-corrected chi connectivity index (χ1v) is 6.31. The normalized spacial score (nSPS) is 31.0. The second kappa shape index (κ2) is 7.18. The van der Waals surface area contributed by atoms with Crippen molar-refractivity contribution in [3.05, 3.63) is 0 Å². The number of amides is 1. The Balaban J connectivity index is 3.18. The summed E-state index contributed by atoms with van der Waals surface area (Å²) >= 11 is 0. The second-order valence-electron chi connectivity index (χ2n) is 4.66. The van der Waals surface area contributed by atoms with Gasteiger partial charge in [0.15, 0.2) is 24.6 Å². The van der Waals surface area contributed by atoms with Gasteiger partial charge in [-0.1, -0.05) is 0 Å². The third kappa shape index (κ3) is 4.40. The molecule has 1 rings (SSSR count). The van der Waals surface area contributed by atoms with Gasteiger partial charge in [-0.05, 0) is 0 Å². The van der Waals surface area contributed by atoms with Gasteiger partial charge in [-0.15, -0.1) is 0 Å². The Morgan fingerprint density at radius 1 is 1.00 bits per heavy atom. The average Bonchev–Trinajstić information content (AvgIpc) is 2.34. The summed E-state index contributed by atoms with van der Waals surface area (Å²) in [7, 11) is 0. The van der Waals surface area contributed by atoms with Crippen LogP contribution in [0.4, 0.5) is 0 Å². The standard InChI is InChI=1S/C12H17NO9/c1-4(14)13-7-8(20-5(2)15)9(21-6(3)16)10(11(17)18)22-12(7)19/h7-10,12,19H,1-3H3,(H,13,14)(H,17,18)/t7-,8-,9+,10-,12+/m1/s1. The van der Waals surface area contributed by atoms with Gasteiger partial charge >= 0.3 is 17.9 Å². The number of hydrogen-bond acceptors (Lipinski definition) is 8. The Labute approximate surface area is 125 Å². The van der Waals surface area contributed by atoms with E-state index < -0.39 is 54.5 Å². The van der Waals surface area contributed by atoms with Crippen LogP contribution in [0.1, 0.15) is 20.8 Å². The number of nitrogens with one attached hydrogen (secondary N) is 1. The van der Waals surface area contributed by atoms with E-state index in [1.54, 1.807) is 0 Å². The molecule has 0 radical (unpaired) electrons. The second-order valence-corrected chi connectivity index (χ2v) is 4.66. The van der Waals surface area contributed by atoms with E-state index in [9.17, 15) is 24.3 Å². The van der Waals surface area contributed by atoms with E-state index in [2.05, 4.69) is 5.32 Å². The summed E-state index contributed by atoms with van der Waals surface area (Å²) in [6, 6.07) is -1.29. The molecule has 1 aliphatic heterocycles. The highest BCUT2D eigenvalue weighted by Gasteiger charge is 2.52. The molecule has 3 N–H and O–H groups in total. The van der Waals surface area contributed by atoms with E-state index in [0.717, 1.165) is 20.8 Å². The van der Waals surface area contributed by atoms with Gasteiger partial charge in [0.25, 0.3) is 0 Å². The highest BCUT2D eigenvalue weighted by Crippen LogP contribution is 2.25. The van der Waals surface area contributed by atoms with Crippen molar-refractivity contribution in [3.8, 4) is 0 Å². The fourth-order valence-electron chi connectivity index (χ4n) is 2.09. The third-order valence-corrected chi connectivity index (χ3v) is 2.79. The SMILES string of the molecule is CC(=O)N[C@@H]1[C@@H](OC(C)=O)[C@H](OC(C)=O)[C@H](C(=O)O)O[C@@H]1O. The van der Waals surface area contributed by atoms with Gasteiger partial charge in [-0.3, -0.25) is 14.4 Å². The number of carboxylic acids is 1. The maximum Gasteiger partial charge on any atom is 0.337 e. The summed E-state index contributed by atoms with van der Waals surface area (Å²) in [5.74, 6) is -3.76. The van der Waals surface area contributed by atoms with Crippen LogP contribution >= 0.6 is 0 Å². The van der Waals surface area contributed by atoms with Crippen LogP contribution in [0, 0.1) is 0 Å². The monoisotopic (exact) mass is 319 g/mol. The number of hydrogen-bond donors (Lipinski definition) is 3. The predicted octanol–water partition coefficient (Wildman–Crippen LogP) is -1.84. The predicted molar refractivity (Wildman–Crippen MR) is 67.2 cm³/mol. The molecule has 1 amide bonds. The zero-order valence-corrected chi connectivity index (χ0v) is 12.1. The van der Waals surface area contributed by atoms with Crippen molar-refractivity contribution in [2.45, 2.75) is 51.4 Å². The highest BCUT2D eigenvalue weighted by molar-refractivity contribution is 5.76. The Hall–Kier alpha value is -2.20. The third-order valence-electron chi connectivity index (χ3n) is 2.79. The summed E-state index contributed by atoms with van der Waals surface area (Å²) in [5.41, 5.74) is 0. The molecule has 0 aromatic rings. The van der Waals surface area contributed by atoms with Crippen molar-refractivity contribution in [2.24, 2.45) is 0 Å². The first-order valence-electron chi connectivity index (χ1n) is 6.31. The van der Waals surface area contributed by atoms with Crippen molar-refractivity contribution in [3.63, 3.8) is 0 Å². The largest absolute Gasteiger partial charge is 0.479 e. The molecule has 1 fully saturated rings. The molecule has 0 unspecified atom stereocenters. The fourth-order valence-corrected chi connectivity index (χ4v) is 2.09. The zero-order chi connectivity index (χ0) is 17.0. The molecule has 10 nitrogen and oxygen atoms in total. The molecule has 10 heteroatoms. The number of esters is 2. The van der Waals surface area contributed by atoms with Crippen molar-refractivity contribution in [2.75, 3.05) is 0 Å². The summed E-state index contributed by atoms with van der Waals surface area (Å²) in [4.78, 5) is 44.8. The fraction of sp³-hybridized carbons (Fsp3) is 0.667. The molecular formula is C12H17NO9. The van der Waals surface area contributed by atoms with Crippen LogP contribution in [0.2, 0.25) is 0 Å². The van der Waals surface area contributed by atoms with E-state index >= 15 is 0 Å². The van der Waals surface area contributed by atoms with E-state index in [4.69, 9.17) is 19.3 Å². The van der Waals surface area contributed by atoms with Gasteiger partial charge < -0.3 is 29.7 Å². The quantitative estimate of drug-likeness (QED) is 0.508. The lowest BCUT2D eigenvalue weighted by Crippen LogP contribution is -2.66. The molecule has 1 heterocycles. The number of aliphatic hydroxyl groups excluding tert-OH is 1. The first-order chi connectivity index (χ1) is 10.1. The summed E-state index contributed by atoms with van der Waals surface area (Å²) in [6.45, 7) is 3.22. The molecule has 1 saturated heterocycles. The number of rotatable bonds is 4. The molecule has 124 valence electrons. The molecule has 0 spiro atoms. The van der Waals surface area contributed by atoms with Crippen LogP contribution in [0.25, 0.3) is 0 Å². The number of carbonyl (C=O) groups is 4. The van der Waals surface area contributed by atoms with Crippen LogP contribution in [0.5, 0.6) is 0 Å². The number of ether oxygens (including phenoxy) is 3. The van der Waals surface area contributed by atoms with Crippen molar-refractivity contribution < 1.29 is 43.6 Å². The Bertz CT molecular complexity index is 477. The lowest BCUT2D eigenvalue weighted by Gasteiger charge is -2.42. The summed E-state index contributed by atoms with van der Waals surface area (Å²) in [6.07, 6.45) is -6.47. The number of carbonyl (C=O) groups excluding carboxylic acids is 3. The van der Waals surface area contributed by atoms with E-state index in [1.165, 1.54) is 0 Å². The Kier molecular flexibility index (Phi) is 5.83. The van der Waals surface area contributed by atoms with Crippen LogP contribution in [0.3, 0.4) is 0 Å². The molecule has 1 aliphatic rings. The van der Waals surface area contributed by atoms with E-state index in [-0.39, 0.29) is 0 Å². The molecule has 0 bridgehead atoms. The number of aliphatic carboxylic acids is 1. The van der Waals surface area contributed by atoms with Crippen LogP contribution in [-0.2, 0) is 33.4 Å². The minimum Gasteiger partial charge on any atom is -0.479 e. The van der Waals surface area contributed by atoms with E-state index in [0.29, 0.717) is 0 Å². The van der Waals surface area contributed by atoms with Gasteiger partial charge in [0.1, 0.15) is 6.04 Å². The van der Waals surface area contributed by atoms with Crippen molar-refractivity contribution >= 4 is 23.8 Å². The Morgan fingerprint density at radius 2 is 1.50 bits per heavy atom. The number of aliphatic hydroxyl groups is 1. The molecule has 5 atom stereocenters. The molecule has 0 aliphatic carbocycles. The minimum absolute atomic E-state index is 0.583. The van der Waals surface area contributed by atoms with E-state index in [1.807, 2.05) is 0 Å². The summed E-state index contributed by atoms with van der Waals surface area (Å²) < 4.78 is 14.6. The van der Waals surface area contributed by atoms with Gasteiger partial charge in [0, 0.05) is 20.8 Å². The molecular weight excluding hydrogens is 302 g/mol. The van der Waals surface area contributed by atoms with Gasteiger partial charge in [0.2, 0.25) is 5.91 Å². The Morgan fingerprint density at radius 3 is 1.91 bits per heavy atom. The van der Waals surface area contributed by atoms with Crippen LogP contribution < -0.4 is 5.32 Å². The lowest BCUT2D eigenvalue weighted by molar-refractivity contribution is -0.258. The van der Waals surface area contributed by atoms with Gasteiger partial charge in [-0.2, -0.15) is 0 Å². The van der Waals surface area contributed by atoms with Crippen molar-refractivity contribution in [1.29, 1.82) is 0 Å². The van der Waals surface area contributed by atoms with Crippen LogP contribution in [0.15, 0.2) is 0 Å². The molecule has 0 saturated carbocycles. The molecule has 0 aromatic heterocycles. The highest BCUT2D eigenvalue weighted by atomic mass is 16.7. The molecule has 22 heavy (non-hydrogen) atoms. The smallest absolute Gasteiger partial charge is 0.337 e. The number of carboxylic acid groups (broad SMARTS) is 1. The van der Waals surface area contributed by atoms with Gasteiger partial charge in [0.05, 0.1) is 0 Å². The maximum atomic E-state index is 11.2.